The molecule has 0 aliphatic heterocycles. The molecule has 0 aliphatic rings. The molecule has 2 amide bonds. The van der Waals surface area contributed by atoms with Gasteiger partial charge in [0.2, 0.25) is 11.8 Å². The summed E-state index contributed by atoms with van der Waals surface area (Å²) in [5, 5.41) is 5.59. The maximum Gasteiger partial charge on any atom is 0.224 e. The van der Waals surface area contributed by atoms with Gasteiger partial charge in [0.1, 0.15) is 0 Å². The molecule has 112 valence electrons. The molecule has 19 heavy (non-hydrogen) atoms. The summed E-state index contributed by atoms with van der Waals surface area (Å²) < 4.78 is 0. The second-order valence-electron chi connectivity index (χ2n) is 5.80. The SMILES string of the molecule is CC(C)CNC(=O)CCNC(=O)C(CN)CC(C)C. The third-order valence-electron chi connectivity index (χ3n) is 2.77. The number of nitrogens with one attached hydrogen (secondary N) is 2. The molecular weight excluding hydrogens is 242 g/mol. The van der Waals surface area contributed by atoms with E-state index < -0.39 is 0 Å². The van der Waals surface area contributed by atoms with Crippen LogP contribution in [0.4, 0.5) is 0 Å². The Morgan fingerprint density at radius 3 is 2.16 bits per heavy atom. The minimum absolute atomic E-state index is 0.0258. The van der Waals surface area contributed by atoms with Crippen molar-refractivity contribution in [3.8, 4) is 0 Å². The number of hydrogen-bond acceptors (Lipinski definition) is 3. The van der Waals surface area contributed by atoms with Gasteiger partial charge in [-0.1, -0.05) is 27.7 Å². The molecule has 0 saturated heterocycles. The van der Waals surface area contributed by atoms with Gasteiger partial charge in [-0.15, -0.1) is 0 Å². The summed E-state index contributed by atoms with van der Waals surface area (Å²) in [6, 6.07) is 0. The van der Waals surface area contributed by atoms with E-state index in [4.69, 9.17) is 5.73 Å². The summed E-state index contributed by atoms with van der Waals surface area (Å²) in [6.07, 6.45) is 1.10. The Morgan fingerprint density at radius 2 is 1.68 bits per heavy atom. The second kappa shape index (κ2) is 9.78. The van der Waals surface area contributed by atoms with Crippen LogP contribution < -0.4 is 16.4 Å². The van der Waals surface area contributed by atoms with E-state index in [1.165, 1.54) is 0 Å². The van der Waals surface area contributed by atoms with Gasteiger partial charge in [-0.05, 0) is 18.3 Å². The van der Waals surface area contributed by atoms with E-state index in [9.17, 15) is 9.59 Å². The average Bonchev–Trinajstić information content (AvgIpc) is 2.32. The van der Waals surface area contributed by atoms with Crippen molar-refractivity contribution >= 4 is 11.8 Å². The van der Waals surface area contributed by atoms with Crippen LogP contribution in [0, 0.1) is 17.8 Å². The number of carbonyl (C=O) groups excluding carboxylic acids is 2. The van der Waals surface area contributed by atoms with Crippen molar-refractivity contribution in [3.63, 3.8) is 0 Å². The Balaban J connectivity index is 3.86. The van der Waals surface area contributed by atoms with Crippen LogP contribution >= 0.6 is 0 Å². The lowest BCUT2D eigenvalue weighted by atomic mass is 9.96. The van der Waals surface area contributed by atoms with Gasteiger partial charge in [-0.2, -0.15) is 0 Å². The first-order valence-corrected chi connectivity index (χ1v) is 7.11. The number of carbonyl (C=O) groups is 2. The lowest BCUT2D eigenvalue weighted by Gasteiger charge is -2.16. The summed E-state index contributed by atoms with van der Waals surface area (Å²) >= 11 is 0. The fourth-order valence-electron chi connectivity index (χ4n) is 1.73. The van der Waals surface area contributed by atoms with Crippen molar-refractivity contribution < 1.29 is 9.59 Å². The number of rotatable bonds is 9. The molecule has 0 radical (unpaired) electrons. The van der Waals surface area contributed by atoms with Gasteiger partial charge in [-0.3, -0.25) is 9.59 Å². The van der Waals surface area contributed by atoms with Crippen molar-refractivity contribution in [2.45, 2.75) is 40.5 Å². The average molecular weight is 271 g/mol. The standard InChI is InChI=1S/C14H29N3O2/c1-10(2)7-12(8-15)14(19)16-6-5-13(18)17-9-11(3)4/h10-12H,5-9,15H2,1-4H3,(H,16,19)(H,17,18). The smallest absolute Gasteiger partial charge is 0.224 e. The largest absolute Gasteiger partial charge is 0.356 e. The summed E-state index contributed by atoms with van der Waals surface area (Å²) in [6.45, 7) is 9.61. The Bertz CT molecular complexity index is 278. The molecule has 1 unspecified atom stereocenters. The Hall–Kier alpha value is -1.10. The predicted molar refractivity (Wildman–Crippen MR) is 77.5 cm³/mol. The van der Waals surface area contributed by atoms with Crippen LogP contribution in [0.15, 0.2) is 0 Å². The van der Waals surface area contributed by atoms with Gasteiger partial charge in [0.05, 0.1) is 5.92 Å². The van der Waals surface area contributed by atoms with E-state index >= 15 is 0 Å². The Kier molecular flexibility index (Phi) is 9.21. The molecule has 0 spiro atoms. The molecule has 4 N–H and O–H groups in total. The highest BCUT2D eigenvalue weighted by Gasteiger charge is 2.17. The van der Waals surface area contributed by atoms with Crippen molar-refractivity contribution in [1.82, 2.24) is 10.6 Å². The third kappa shape index (κ3) is 9.47. The molecule has 0 aliphatic carbocycles. The summed E-state index contributed by atoms with van der Waals surface area (Å²) in [7, 11) is 0. The molecule has 0 aromatic rings. The van der Waals surface area contributed by atoms with Gasteiger partial charge < -0.3 is 16.4 Å². The lowest BCUT2D eigenvalue weighted by molar-refractivity contribution is -0.125. The minimum atomic E-state index is -0.154. The van der Waals surface area contributed by atoms with E-state index in [0.29, 0.717) is 37.9 Å². The van der Waals surface area contributed by atoms with Gasteiger partial charge in [0.15, 0.2) is 0 Å². The van der Waals surface area contributed by atoms with Crippen molar-refractivity contribution in [2.24, 2.45) is 23.5 Å². The molecular formula is C14H29N3O2. The van der Waals surface area contributed by atoms with E-state index in [-0.39, 0.29) is 17.7 Å². The van der Waals surface area contributed by atoms with Crippen LogP contribution in [0.25, 0.3) is 0 Å². The second-order valence-corrected chi connectivity index (χ2v) is 5.80. The molecule has 0 aromatic heterocycles. The molecule has 0 heterocycles. The van der Waals surface area contributed by atoms with Crippen LogP contribution in [-0.2, 0) is 9.59 Å². The molecule has 5 heteroatoms. The maximum absolute atomic E-state index is 11.8. The van der Waals surface area contributed by atoms with Gasteiger partial charge in [0.25, 0.3) is 0 Å². The fourth-order valence-corrected chi connectivity index (χ4v) is 1.73. The molecule has 0 rings (SSSR count). The minimum Gasteiger partial charge on any atom is -0.356 e. The van der Waals surface area contributed by atoms with Crippen molar-refractivity contribution in [3.05, 3.63) is 0 Å². The van der Waals surface area contributed by atoms with E-state index in [1.54, 1.807) is 0 Å². The molecule has 5 nitrogen and oxygen atoms in total. The maximum atomic E-state index is 11.8. The monoisotopic (exact) mass is 271 g/mol. The highest BCUT2D eigenvalue weighted by atomic mass is 16.2. The first-order valence-electron chi connectivity index (χ1n) is 7.11. The molecule has 0 bridgehead atoms. The Morgan fingerprint density at radius 1 is 1.05 bits per heavy atom. The highest BCUT2D eigenvalue weighted by Crippen LogP contribution is 2.10. The van der Waals surface area contributed by atoms with Crippen LogP contribution in [0.2, 0.25) is 0 Å². The van der Waals surface area contributed by atoms with E-state index in [0.717, 1.165) is 6.42 Å². The Labute approximate surface area is 116 Å². The topological polar surface area (TPSA) is 84.2 Å². The normalized spacial score (nSPS) is 12.6. The van der Waals surface area contributed by atoms with Gasteiger partial charge >= 0.3 is 0 Å². The van der Waals surface area contributed by atoms with E-state index in [1.807, 2.05) is 13.8 Å². The molecule has 1 atom stereocenters. The van der Waals surface area contributed by atoms with Crippen LogP contribution in [0.3, 0.4) is 0 Å². The highest BCUT2D eigenvalue weighted by molar-refractivity contribution is 5.80. The van der Waals surface area contributed by atoms with Crippen LogP contribution in [-0.4, -0.2) is 31.4 Å². The lowest BCUT2D eigenvalue weighted by Crippen LogP contribution is -2.38. The quantitative estimate of drug-likeness (QED) is 0.582. The number of nitrogens with two attached hydrogens (primary N) is 1. The molecule has 0 fully saturated rings. The van der Waals surface area contributed by atoms with E-state index in [2.05, 4.69) is 24.5 Å². The summed E-state index contributed by atoms with van der Waals surface area (Å²) in [5.74, 6) is 0.647. The first kappa shape index (κ1) is 17.9. The first-order chi connectivity index (χ1) is 8.86. The van der Waals surface area contributed by atoms with Crippen molar-refractivity contribution in [1.29, 1.82) is 0 Å². The van der Waals surface area contributed by atoms with Crippen molar-refractivity contribution in [2.75, 3.05) is 19.6 Å². The predicted octanol–water partition coefficient (Wildman–Crippen LogP) is 0.886. The zero-order valence-corrected chi connectivity index (χ0v) is 12.7. The number of amides is 2. The zero-order valence-electron chi connectivity index (χ0n) is 12.7. The molecule has 0 aromatic carbocycles. The summed E-state index contributed by atoms with van der Waals surface area (Å²) in [4.78, 5) is 23.3. The zero-order chi connectivity index (χ0) is 14.8. The molecule has 0 saturated carbocycles. The van der Waals surface area contributed by atoms with Crippen LogP contribution in [0.5, 0.6) is 0 Å². The van der Waals surface area contributed by atoms with Gasteiger partial charge in [-0.25, -0.2) is 0 Å². The number of hydrogen-bond donors (Lipinski definition) is 3. The fraction of sp³-hybridized carbons (Fsp3) is 0.857. The third-order valence-corrected chi connectivity index (χ3v) is 2.77. The van der Waals surface area contributed by atoms with Gasteiger partial charge in [0, 0.05) is 26.1 Å². The van der Waals surface area contributed by atoms with Crippen LogP contribution in [0.1, 0.15) is 40.5 Å². The summed E-state index contributed by atoms with van der Waals surface area (Å²) in [5.41, 5.74) is 5.59.